The third kappa shape index (κ3) is 3.32. The molecule has 1 aliphatic rings. The monoisotopic (exact) mass is 421 g/mol. The minimum Gasteiger partial charge on any atom is -0.368 e. The highest BCUT2D eigenvalue weighted by Crippen LogP contribution is 2.31. The van der Waals surface area contributed by atoms with Crippen molar-refractivity contribution in [1.82, 2.24) is 29.5 Å². The van der Waals surface area contributed by atoms with Crippen LogP contribution < -0.4 is 11.3 Å². The van der Waals surface area contributed by atoms with Crippen LogP contribution in [0.4, 0.5) is 5.95 Å². The van der Waals surface area contributed by atoms with E-state index >= 15 is 0 Å². The molecule has 3 aromatic heterocycles. The van der Waals surface area contributed by atoms with Gasteiger partial charge in [0, 0.05) is 6.04 Å². The van der Waals surface area contributed by atoms with Gasteiger partial charge in [0.25, 0.3) is 5.56 Å². The van der Waals surface area contributed by atoms with Gasteiger partial charge < -0.3 is 10.7 Å². The Bertz CT molecular complexity index is 1290. The smallest absolute Gasteiger partial charge is 0.261 e. The van der Waals surface area contributed by atoms with Crippen molar-refractivity contribution in [3.63, 3.8) is 0 Å². The van der Waals surface area contributed by atoms with Crippen molar-refractivity contribution in [2.24, 2.45) is 0 Å². The Balaban J connectivity index is 1.60. The first-order valence-electron chi connectivity index (χ1n) is 10.2. The van der Waals surface area contributed by atoms with Gasteiger partial charge in [-0.05, 0) is 31.4 Å². The maximum atomic E-state index is 13.6. The molecule has 0 unspecified atom stereocenters. The Kier molecular flexibility index (Phi) is 4.90. The molecule has 0 radical (unpaired) electrons. The van der Waals surface area contributed by atoms with Gasteiger partial charge in [0.15, 0.2) is 5.65 Å². The van der Waals surface area contributed by atoms with Crippen molar-refractivity contribution in [1.29, 1.82) is 0 Å². The topological polar surface area (TPSA) is 115 Å². The van der Waals surface area contributed by atoms with E-state index in [0.29, 0.717) is 21.9 Å². The molecule has 5 rings (SSSR count). The van der Waals surface area contributed by atoms with Crippen LogP contribution in [-0.4, -0.2) is 29.5 Å². The van der Waals surface area contributed by atoms with Crippen LogP contribution in [0.25, 0.3) is 22.1 Å². The molecule has 1 saturated carbocycles. The number of thioether (sulfide) groups is 1. The molecule has 1 fully saturated rings. The van der Waals surface area contributed by atoms with Gasteiger partial charge in [-0.1, -0.05) is 43.2 Å². The number of aromatic nitrogens is 6. The van der Waals surface area contributed by atoms with Gasteiger partial charge in [-0.25, -0.2) is 15.0 Å². The van der Waals surface area contributed by atoms with E-state index in [-0.39, 0.29) is 17.5 Å². The molecule has 0 amide bonds. The molecular weight excluding hydrogens is 398 g/mol. The van der Waals surface area contributed by atoms with Crippen LogP contribution in [0.1, 0.15) is 49.5 Å². The number of benzene rings is 1. The highest BCUT2D eigenvalue weighted by Gasteiger charge is 2.22. The minimum atomic E-state index is 0.0627. The van der Waals surface area contributed by atoms with Crippen molar-refractivity contribution >= 4 is 39.8 Å². The summed E-state index contributed by atoms with van der Waals surface area (Å²) in [4.78, 5) is 34.3. The zero-order valence-corrected chi connectivity index (χ0v) is 17.6. The highest BCUT2D eigenvalue weighted by molar-refractivity contribution is 7.98. The van der Waals surface area contributed by atoms with Gasteiger partial charge >= 0.3 is 0 Å². The number of anilines is 1. The summed E-state index contributed by atoms with van der Waals surface area (Å²) in [5.41, 5.74) is 8.92. The third-order valence-corrected chi connectivity index (χ3v) is 6.71. The number of aryl methyl sites for hydroxylation is 1. The van der Waals surface area contributed by atoms with E-state index in [0.717, 1.165) is 48.0 Å². The van der Waals surface area contributed by atoms with E-state index in [4.69, 9.17) is 10.7 Å². The first-order chi connectivity index (χ1) is 14.6. The maximum absolute atomic E-state index is 13.6. The van der Waals surface area contributed by atoms with Crippen LogP contribution in [0.3, 0.4) is 0 Å². The lowest BCUT2D eigenvalue weighted by atomic mass is 9.95. The van der Waals surface area contributed by atoms with E-state index in [1.807, 2.05) is 29.7 Å². The molecule has 1 aliphatic carbocycles. The number of hydrogen-bond donors (Lipinski definition) is 2. The number of nitrogens with two attached hydrogens (primary N) is 1. The highest BCUT2D eigenvalue weighted by atomic mass is 32.2. The number of hydrogen-bond acceptors (Lipinski definition) is 7. The molecule has 0 spiro atoms. The number of rotatable bonds is 4. The summed E-state index contributed by atoms with van der Waals surface area (Å²) in [6.45, 7) is 1.98. The van der Waals surface area contributed by atoms with E-state index in [1.165, 1.54) is 18.2 Å². The first-order valence-corrected chi connectivity index (χ1v) is 11.2. The lowest BCUT2D eigenvalue weighted by Gasteiger charge is -2.26. The van der Waals surface area contributed by atoms with Gasteiger partial charge in [-0.3, -0.25) is 9.36 Å². The van der Waals surface area contributed by atoms with Crippen LogP contribution >= 0.6 is 11.8 Å². The molecule has 0 saturated heterocycles. The Labute approximate surface area is 177 Å². The molecule has 1 aromatic carbocycles. The zero-order chi connectivity index (χ0) is 20.7. The Morgan fingerprint density at radius 2 is 2.03 bits per heavy atom. The quantitative estimate of drug-likeness (QED) is 0.381. The molecule has 30 heavy (non-hydrogen) atoms. The molecule has 0 atom stereocenters. The second-order valence-corrected chi connectivity index (χ2v) is 8.70. The van der Waals surface area contributed by atoms with Gasteiger partial charge in [-0.15, -0.1) is 0 Å². The van der Waals surface area contributed by atoms with Crippen molar-refractivity contribution < 1.29 is 0 Å². The Hall–Kier alpha value is -2.94. The average molecular weight is 422 g/mol. The lowest BCUT2D eigenvalue weighted by Crippen LogP contribution is -2.30. The summed E-state index contributed by atoms with van der Waals surface area (Å²) in [7, 11) is 0. The molecule has 3 heterocycles. The van der Waals surface area contributed by atoms with Crippen LogP contribution in [0, 0.1) is 6.92 Å². The molecule has 0 aliphatic heterocycles. The van der Waals surface area contributed by atoms with Crippen molar-refractivity contribution in [2.45, 2.75) is 55.8 Å². The minimum absolute atomic E-state index is 0.0627. The first kappa shape index (κ1) is 19.0. The second-order valence-electron chi connectivity index (χ2n) is 7.74. The maximum Gasteiger partial charge on any atom is 0.261 e. The lowest BCUT2D eigenvalue weighted by molar-refractivity contribution is 0.339. The average Bonchev–Trinajstić information content (AvgIpc) is 3.21. The summed E-state index contributed by atoms with van der Waals surface area (Å²) in [6, 6.07) is 6.03. The van der Waals surface area contributed by atoms with Gasteiger partial charge in [-0.2, -0.15) is 4.98 Å². The normalized spacial score (nSPS) is 15.2. The molecule has 9 heteroatoms. The molecule has 3 N–H and O–H groups in total. The van der Waals surface area contributed by atoms with Crippen LogP contribution in [0.15, 0.2) is 34.3 Å². The molecule has 154 valence electrons. The fourth-order valence-electron chi connectivity index (χ4n) is 4.33. The molecule has 8 nitrogen and oxygen atoms in total. The predicted molar refractivity (Wildman–Crippen MR) is 119 cm³/mol. The number of imidazole rings is 1. The van der Waals surface area contributed by atoms with E-state index in [1.54, 1.807) is 6.33 Å². The van der Waals surface area contributed by atoms with E-state index in [2.05, 4.69) is 19.9 Å². The summed E-state index contributed by atoms with van der Waals surface area (Å²) in [5, 5.41) is 1.41. The molecule has 4 aromatic rings. The van der Waals surface area contributed by atoms with Crippen LogP contribution in [-0.2, 0) is 5.75 Å². The fraction of sp³-hybridized carbons (Fsp3) is 0.381. The summed E-state index contributed by atoms with van der Waals surface area (Å²) in [6.07, 6.45) is 7.13. The predicted octanol–water partition coefficient (Wildman–Crippen LogP) is 3.75. The number of nitrogens with one attached hydrogen (secondary N) is 1. The largest absolute Gasteiger partial charge is 0.368 e. The Morgan fingerprint density at radius 1 is 1.20 bits per heavy atom. The molecule has 0 bridgehead atoms. The number of nitrogen functional groups attached to an aromatic ring is 1. The van der Waals surface area contributed by atoms with E-state index < -0.39 is 0 Å². The number of fused-ring (bicyclic) bond motifs is 2. The SMILES string of the molecule is Cc1cccc2nc(CSc3nc(N)nc4[nH]cnc34)n(C3CCCCC3)c(=O)c12. The number of H-pyrrole nitrogens is 1. The Morgan fingerprint density at radius 3 is 2.87 bits per heavy atom. The van der Waals surface area contributed by atoms with Crippen LogP contribution in [0.5, 0.6) is 0 Å². The summed E-state index contributed by atoms with van der Waals surface area (Å²) < 4.78 is 1.94. The standard InChI is InChI=1S/C21H23N7OS/c1-12-6-5-9-14-16(12)20(29)28(13-7-3-2-4-8-13)15(25-14)10-30-19-17-18(24-11-23-17)26-21(22)27-19/h5-6,9,11,13H,2-4,7-8,10H2,1H3,(H3,22,23,24,26,27). The summed E-state index contributed by atoms with van der Waals surface area (Å²) in [5.74, 6) is 1.48. The summed E-state index contributed by atoms with van der Waals surface area (Å²) >= 11 is 1.49. The van der Waals surface area contributed by atoms with Gasteiger partial charge in [0.2, 0.25) is 5.95 Å². The number of nitrogens with zero attached hydrogens (tertiary/aromatic N) is 5. The van der Waals surface area contributed by atoms with Crippen LogP contribution in [0.2, 0.25) is 0 Å². The van der Waals surface area contributed by atoms with Gasteiger partial charge in [0.1, 0.15) is 16.4 Å². The van der Waals surface area contributed by atoms with E-state index in [9.17, 15) is 4.79 Å². The third-order valence-electron chi connectivity index (χ3n) is 5.75. The molecular formula is C21H23N7OS. The zero-order valence-electron chi connectivity index (χ0n) is 16.8. The number of aromatic amines is 1. The van der Waals surface area contributed by atoms with Crippen molar-refractivity contribution in [3.8, 4) is 0 Å². The van der Waals surface area contributed by atoms with Crippen molar-refractivity contribution in [2.75, 3.05) is 5.73 Å². The second kappa shape index (κ2) is 7.71. The van der Waals surface area contributed by atoms with Crippen molar-refractivity contribution in [3.05, 3.63) is 46.3 Å². The van der Waals surface area contributed by atoms with Gasteiger partial charge in [0.05, 0.1) is 23.0 Å². The fourth-order valence-corrected chi connectivity index (χ4v) is 5.24.